The van der Waals surface area contributed by atoms with Gasteiger partial charge in [-0.05, 0) is 26.3 Å². The van der Waals surface area contributed by atoms with Gasteiger partial charge in [-0.1, -0.05) is 0 Å². The zero-order chi connectivity index (χ0) is 11.5. The summed E-state index contributed by atoms with van der Waals surface area (Å²) >= 11 is 0. The second kappa shape index (κ2) is 4.88. The number of rotatable bonds is 5. The number of unbranched alkanes of at least 4 members (excludes halogenated alkanes) is 1. The Bertz CT molecular complexity index is 233. The molecule has 1 aliphatic rings. The van der Waals surface area contributed by atoms with Crippen LogP contribution in [0.2, 0.25) is 0 Å². The van der Waals surface area contributed by atoms with Crippen LogP contribution in [0.25, 0.3) is 0 Å². The summed E-state index contributed by atoms with van der Waals surface area (Å²) in [4.78, 5) is 12.0. The Labute approximate surface area is 88.1 Å². The Morgan fingerprint density at radius 1 is 1.53 bits per heavy atom. The van der Waals surface area contributed by atoms with Crippen LogP contribution in [0.3, 0.4) is 0 Å². The van der Waals surface area contributed by atoms with Crippen molar-refractivity contribution in [3.63, 3.8) is 0 Å². The molecule has 0 radical (unpaired) electrons. The van der Waals surface area contributed by atoms with E-state index in [0.717, 1.165) is 0 Å². The van der Waals surface area contributed by atoms with Crippen LogP contribution in [0.4, 0.5) is 8.78 Å². The lowest BCUT2D eigenvalue weighted by Crippen LogP contribution is -2.29. The van der Waals surface area contributed by atoms with Crippen molar-refractivity contribution >= 4 is 5.97 Å². The first-order chi connectivity index (χ1) is 6.91. The summed E-state index contributed by atoms with van der Waals surface area (Å²) in [6.45, 7) is 2.18. The van der Waals surface area contributed by atoms with Crippen LogP contribution in [-0.4, -0.2) is 41.0 Å². The molecule has 3 nitrogen and oxygen atoms in total. The Kier molecular flexibility index (Phi) is 4.02. The summed E-state index contributed by atoms with van der Waals surface area (Å²) in [5, 5.41) is 8.41. The van der Waals surface area contributed by atoms with E-state index >= 15 is 0 Å². The fourth-order valence-corrected chi connectivity index (χ4v) is 1.97. The molecule has 0 unspecified atom stereocenters. The van der Waals surface area contributed by atoms with Gasteiger partial charge in [0.05, 0.1) is 6.54 Å². The van der Waals surface area contributed by atoms with Crippen molar-refractivity contribution in [1.82, 2.24) is 4.90 Å². The van der Waals surface area contributed by atoms with Gasteiger partial charge >= 0.3 is 5.97 Å². The monoisotopic (exact) mass is 221 g/mol. The number of carboxylic acids is 1. The van der Waals surface area contributed by atoms with Gasteiger partial charge in [0.1, 0.15) is 0 Å². The average molecular weight is 221 g/mol. The maximum atomic E-state index is 12.9. The molecular formula is C10H17F2NO2. The molecule has 0 aliphatic carbocycles. The SMILES string of the molecule is C[C@@H]1CC(F)(F)CN1CCCCC(=O)O. The first-order valence-electron chi connectivity index (χ1n) is 5.24. The van der Waals surface area contributed by atoms with E-state index in [1.54, 1.807) is 11.8 Å². The first-order valence-corrected chi connectivity index (χ1v) is 5.24. The van der Waals surface area contributed by atoms with Gasteiger partial charge in [0.25, 0.3) is 5.92 Å². The fourth-order valence-electron chi connectivity index (χ4n) is 1.97. The van der Waals surface area contributed by atoms with Crippen molar-refractivity contribution in [3.05, 3.63) is 0 Å². The topological polar surface area (TPSA) is 40.5 Å². The minimum absolute atomic E-state index is 0.0774. The van der Waals surface area contributed by atoms with E-state index in [9.17, 15) is 13.6 Å². The Balaban J connectivity index is 2.19. The number of carbonyl (C=O) groups is 1. The molecule has 0 spiro atoms. The van der Waals surface area contributed by atoms with Crippen molar-refractivity contribution in [2.24, 2.45) is 0 Å². The van der Waals surface area contributed by atoms with E-state index in [1.807, 2.05) is 0 Å². The highest BCUT2D eigenvalue weighted by Crippen LogP contribution is 2.31. The third-order valence-corrected chi connectivity index (χ3v) is 2.74. The van der Waals surface area contributed by atoms with Crippen molar-refractivity contribution in [1.29, 1.82) is 0 Å². The normalized spacial score (nSPS) is 25.7. The van der Waals surface area contributed by atoms with Crippen LogP contribution < -0.4 is 0 Å². The van der Waals surface area contributed by atoms with Gasteiger partial charge in [0.2, 0.25) is 0 Å². The molecule has 0 aromatic carbocycles. The molecule has 5 heteroatoms. The van der Waals surface area contributed by atoms with E-state index in [4.69, 9.17) is 5.11 Å². The molecule has 0 aromatic rings. The number of hydrogen-bond acceptors (Lipinski definition) is 2. The standard InChI is InChI=1S/C10H17F2NO2/c1-8-6-10(11,12)7-13(8)5-3-2-4-9(14)15/h8H,2-7H2,1H3,(H,14,15)/t8-/m1/s1. The Hall–Kier alpha value is -0.710. The quantitative estimate of drug-likeness (QED) is 0.721. The second-order valence-electron chi connectivity index (χ2n) is 4.23. The zero-order valence-corrected chi connectivity index (χ0v) is 8.88. The second-order valence-corrected chi connectivity index (χ2v) is 4.23. The maximum absolute atomic E-state index is 12.9. The number of halogens is 2. The number of hydrogen-bond donors (Lipinski definition) is 1. The third kappa shape index (κ3) is 4.11. The molecule has 1 saturated heterocycles. The van der Waals surface area contributed by atoms with Crippen LogP contribution >= 0.6 is 0 Å². The predicted molar refractivity (Wildman–Crippen MR) is 52.1 cm³/mol. The van der Waals surface area contributed by atoms with Crippen molar-refractivity contribution in [3.8, 4) is 0 Å². The highest BCUT2D eigenvalue weighted by Gasteiger charge is 2.42. The smallest absolute Gasteiger partial charge is 0.303 e. The van der Waals surface area contributed by atoms with Gasteiger partial charge in [-0.25, -0.2) is 8.78 Å². The summed E-state index contributed by atoms with van der Waals surface area (Å²) in [7, 11) is 0. The Morgan fingerprint density at radius 2 is 2.20 bits per heavy atom. The molecule has 1 atom stereocenters. The van der Waals surface area contributed by atoms with Crippen LogP contribution in [0.1, 0.15) is 32.6 Å². The number of nitrogens with zero attached hydrogens (tertiary/aromatic N) is 1. The number of likely N-dealkylation sites (tertiary alicyclic amines) is 1. The van der Waals surface area contributed by atoms with Gasteiger partial charge in [-0.15, -0.1) is 0 Å². The highest BCUT2D eigenvalue weighted by atomic mass is 19.3. The molecule has 1 fully saturated rings. The molecule has 1 rings (SSSR count). The molecule has 0 aromatic heterocycles. The van der Waals surface area contributed by atoms with E-state index in [2.05, 4.69) is 0 Å². The maximum Gasteiger partial charge on any atom is 0.303 e. The number of alkyl halides is 2. The largest absolute Gasteiger partial charge is 0.481 e. The molecule has 1 heterocycles. The minimum Gasteiger partial charge on any atom is -0.481 e. The van der Waals surface area contributed by atoms with E-state index in [1.165, 1.54) is 0 Å². The predicted octanol–water partition coefficient (Wildman–Crippen LogP) is 1.97. The van der Waals surface area contributed by atoms with Crippen LogP contribution in [0.5, 0.6) is 0 Å². The summed E-state index contributed by atoms with van der Waals surface area (Å²) in [6, 6.07) is -0.0928. The lowest BCUT2D eigenvalue weighted by atomic mass is 10.2. The average Bonchev–Trinajstić information content (AvgIpc) is 2.33. The summed E-state index contributed by atoms with van der Waals surface area (Å²) < 4.78 is 25.9. The summed E-state index contributed by atoms with van der Waals surface area (Å²) in [6.07, 6.45) is 1.28. The molecular weight excluding hydrogens is 204 g/mol. The Morgan fingerprint density at radius 3 is 2.67 bits per heavy atom. The molecule has 15 heavy (non-hydrogen) atoms. The van der Waals surface area contributed by atoms with Gasteiger partial charge in [0, 0.05) is 18.9 Å². The molecule has 1 N–H and O–H groups in total. The minimum atomic E-state index is -2.56. The number of aliphatic carboxylic acids is 1. The van der Waals surface area contributed by atoms with Crippen molar-refractivity contribution in [2.45, 2.75) is 44.6 Å². The summed E-state index contributed by atoms with van der Waals surface area (Å²) in [5.74, 6) is -3.39. The van der Waals surface area contributed by atoms with Gasteiger partial charge in [-0.2, -0.15) is 0 Å². The molecule has 0 bridgehead atoms. The summed E-state index contributed by atoms with van der Waals surface area (Å²) in [5.41, 5.74) is 0. The molecule has 1 aliphatic heterocycles. The van der Waals surface area contributed by atoms with Gasteiger partial charge in [-0.3, -0.25) is 9.69 Å². The highest BCUT2D eigenvalue weighted by molar-refractivity contribution is 5.66. The van der Waals surface area contributed by atoms with Crippen LogP contribution in [0.15, 0.2) is 0 Å². The fraction of sp³-hybridized carbons (Fsp3) is 0.900. The third-order valence-electron chi connectivity index (χ3n) is 2.74. The van der Waals surface area contributed by atoms with E-state index < -0.39 is 11.9 Å². The van der Waals surface area contributed by atoms with E-state index in [-0.39, 0.29) is 25.4 Å². The zero-order valence-electron chi connectivity index (χ0n) is 8.88. The molecule has 88 valence electrons. The van der Waals surface area contributed by atoms with Crippen LogP contribution in [-0.2, 0) is 4.79 Å². The van der Waals surface area contributed by atoms with Crippen molar-refractivity contribution in [2.75, 3.05) is 13.1 Å². The first kappa shape index (κ1) is 12.4. The number of carboxylic acid groups (broad SMARTS) is 1. The van der Waals surface area contributed by atoms with Crippen molar-refractivity contribution < 1.29 is 18.7 Å². The van der Waals surface area contributed by atoms with E-state index in [0.29, 0.717) is 19.4 Å². The lowest BCUT2D eigenvalue weighted by Gasteiger charge is -2.19. The molecule has 0 saturated carbocycles. The van der Waals surface area contributed by atoms with Crippen LogP contribution in [0, 0.1) is 0 Å². The van der Waals surface area contributed by atoms with Gasteiger partial charge < -0.3 is 5.11 Å². The lowest BCUT2D eigenvalue weighted by molar-refractivity contribution is -0.137. The molecule has 0 amide bonds. The van der Waals surface area contributed by atoms with Gasteiger partial charge in [0.15, 0.2) is 0 Å².